The van der Waals surface area contributed by atoms with Crippen LogP contribution < -0.4 is 14.8 Å². The minimum atomic E-state index is -0.599. The molecule has 0 aliphatic carbocycles. The number of amides is 1. The van der Waals surface area contributed by atoms with Gasteiger partial charge in [-0.2, -0.15) is 0 Å². The topological polar surface area (TPSA) is 47.6 Å². The largest absolute Gasteiger partial charge is 0.497 e. The average molecular weight is 355 g/mol. The van der Waals surface area contributed by atoms with Crippen LogP contribution in [-0.4, -0.2) is 19.1 Å². The van der Waals surface area contributed by atoms with Gasteiger partial charge < -0.3 is 14.8 Å². The molecule has 0 saturated carbocycles. The second-order valence-electron chi connectivity index (χ2n) is 7.54. The normalized spacial score (nSPS) is 13.6. The molecule has 0 aliphatic heterocycles. The second kappa shape index (κ2) is 8.26. The Morgan fingerprint density at radius 2 is 1.62 bits per heavy atom. The number of nitrogens with one attached hydrogen (secondary N) is 1. The highest BCUT2D eigenvalue weighted by Crippen LogP contribution is 2.24. The summed E-state index contributed by atoms with van der Waals surface area (Å²) in [5.74, 6) is 1.15. The predicted molar refractivity (Wildman–Crippen MR) is 105 cm³/mol. The fraction of sp³-hybridized carbons (Fsp3) is 0.409. The fourth-order valence-corrected chi connectivity index (χ4v) is 2.62. The average Bonchev–Trinajstić information content (AvgIpc) is 2.61. The molecule has 0 heterocycles. The zero-order valence-electron chi connectivity index (χ0n) is 16.5. The van der Waals surface area contributed by atoms with Crippen LogP contribution >= 0.6 is 0 Å². The quantitative estimate of drug-likeness (QED) is 0.821. The number of benzene rings is 2. The van der Waals surface area contributed by atoms with Crippen molar-refractivity contribution in [2.24, 2.45) is 0 Å². The number of methoxy groups -OCH3 is 1. The molecule has 0 spiro atoms. The molecule has 4 nitrogen and oxygen atoms in total. The monoisotopic (exact) mass is 355 g/mol. The lowest BCUT2D eigenvalue weighted by Gasteiger charge is -2.22. The molecule has 2 aromatic rings. The van der Waals surface area contributed by atoms with Crippen LogP contribution in [0.2, 0.25) is 0 Å². The molecular weight excluding hydrogens is 326 g/mol. The number of ether oxygens (including phenoxy) is 2. The van der Waals surface area contributed by atoms with Gasteiger partial charge in [0.1, 0.15) is 11.5 Å². The second-order valence-corrected chi connectivity index (χ2v) is 7.54. The molecule has 2 aromatic carbocycles. The van der Waals surface area contributed by atoms with Crippen LogP contribution in [0.15, 0.2) is 48.5 Å². The highest BCUT2D eigenvalue weighted by Gasteiger charge is 2.19. The van der Waals surface area contributed by atoms with E-state index in [9.17, 15) is 4.79 Å². The highest BCUT2D eigenvalue weighted by atomic mass is 16.5. The number of carbonyl (C=O) groups is 1. The molecule has 1 N–H and O–H groups in total. The van der Waals surface area contributed by atoms with Gasteiger partial charge in [-0.1, -0.05) is 51.1 Å². The first-order chi connectivity index (χ1) is 12.2. The predicted octanol–water partition coefficient (Wildman–Crippen LogP) is 4.64. The molecule has 1 amide bonds. The lowest BCUT2D eigenvalue weighted by Crippen LogP contribution is -2.37. The van der Waals surface area contributed by atoms with E-state index in [1.807, 2.05) is 19.1 Å². The molecule has 0 fully saturated rings. The molecule has 0 aromatic heterocycles. The maximum atomic E-state index is 12.4. The summed E-state index contributed by atoms with van der Waals surface area (Å²) in [4.78, 5) is 12.4. The van der Waals surface area contributed by atoms with Gasteiger partial charge in [0.05, 0.1) is 13.2 Å². The van der Waals surface area contributed by atoms with Crippen molar-refractivity contribution in [3.63, 3.8) is 0 Å². The summed E-state index contributed by atoms with van der Waals surface area (Å²) in [5, 5.41) is 3.01. The van der Waals surface area contributed by atoms with E-state index in [1.165, 1.54) is 5.56 Å². The molecule has 0 aliphatic rings. The SMILES string of the molecule is COc1cccc(O[C@H](C)C(=O)N[C@@H](C)c2ccc(C(C)(C)C)cc2)c1. The van der Waals surface area contributed by atoms with E-state index in [4.69, 9.17) is 9.47 Å². The Hall–Kier alpha value is -2.49. The molecule has 0 radical (unpaired) electrons. The van der Waals surface area contributed by atoms with Crippen molar-refractivity contribution in [3.05, 3.63) is 59.7 Å². The van der Waals surface area contributed by atoms with Gasteiger partial charge in [-0.3, -0.25) is 4.79 Å². The molecule has 26 heavy (non-hydrogen) atoms. The first-order valence-electron chi connectivity index (χ1n) is 8.92. The number of hydrogen-bond donors (Lipinski definition) is 1. The van der Waals surface area contributed by atoms with E-state index in [0.29, 0.717) is 11.5 Å². The van der Waals surface area contributed by atoms with Gasteiger partial charge in [0, 0.05) is 6.07 Å². The first-order valence-corrected chi connectivity index (χ1v) is 8.92. The van der Waals surface area contributed by atoms with Crippen molar-refractivity contribution in [2.45, 2.75) is 52.2 Å². The standard InChI is InChI=1S/C22H29NO3/c1-15(17-10-12-18(13-11-17)22(3,4)5)23-21(24)16(2)26-20-9-7-8-19(14-20)25-6/h7-16H,1-6H3,(H,23,24)/t15-,16+/m0/s1. The van der Waals surface area contributed by atoms with Gasteiger partial charge in [0.15, 0.2) is 6.10 Å². The summed E-state index contributed by atoms with van der Waals surface area (Å²) in [7, 11) is 1.60. The Balaban J connectivity index is 1.97. The van der Waals surface area contributed by atoms with E-state index < -0.39 is 6.10 Å². The minimum absolute atomic E-state index is 0.0899. The van der Waals surface area contributed by atoms with E-state index >= 15 is 0 Å². The maximum absolute atomic E-state index is 12.4. The minimum Gasteiger partial charge on any atom is -0.497 e. The third-order valence-corrected chi connectivity index (χ3v) is 4.36. The van der Waals surface area contributed by atoms with Gasteiger partial charge in [-0.25, -0.2) is 0 Å². The first kappa shape index (κ1) is 19.8. The summed E-state index contributed by atoms with van der Waals surface area (Å²) in [5.41, 5.74) is 2.46. The van der Waals surface area contributed by atoms with Crippen molar-refractivity contribution in [1.29, 1.82) is 0 Å². The van der Waals surface area contributed by atoms with Crippen LogP contribution in [0.1, 0.15) is 51.8 Å². The van der Waals surface area contributed by atoms with Crippen molar-refractivity contribution in [1.82, 2.24) is 5.32 Å². The summed E-state index contributed by atoms with van der Waals surface area (Å²) < 4.78 is 10.9. The van der Waals surface area contributed by atoms with Crippen LogP contribution in [0, 0.1) is 0 Å². The van der Waals surface area contributed by atoms with Crippen LogP contribution in [0.3, 0.4) is 0 Å². The van der Waals surface area contributed by atoms with Gasteiger partial charge in [0.25, 0.3) is 5.91 Å². The molecular formula is C22H29NO3. The Morgan fingerprint density at radius 1 is 1.00 bits per heavy atom. The van der Waals surface area contributed by atoms with Crippen LogP contribution in [0.25, 0.3) is 0 Å². The third kappa shape index (κ3) is 5.25. The Labute approximate surface area is 156 Å². The third-order valence-electron chi connectivity index (χ3n) is 4.36. The van der Waals surface area contributed by atoms with Gasteiger partial charge in [0.2, 0.25) is 0 Å². The van der Waals surface area contributed by atoms with E-state index in [2.05, 4.69) is 50.4 Å². The van der Waals surface area contributed by atoms with Crippen LogP contribution in [-0.2, 0) is 10.2 Å². The highest BCUT2D eigenvalue weighted by molar-refractivity contribution is 5.81. The van der Waals surface area contributed by atoms with Crippen molar-refractivity contribution < 1.29 is 14.3 Å². The van der Waals surface area contributed by atoms with Gasteiger partial charge in [-0.15, -0.1) is 0 Å². The van der Waals surface area contributed by atoms with E-state index in [-0.39, 0.29) is 17.4 Å². The van der Waals surface area contributed by atoms with Crippen molar-refractivity contribution in [3.8, 4) is 11.5 Å². The van der Waals surface area contributed by atoms with Crippen molar-refractivity contribution >= 4 is 5.91 Å². The zero-order valence-corrected chi connectivity index (χ0v) is 16.5. The molecule has 0 unspecified atom stereocenters. The van der Waals surface area contributed by atoms with Gasteiger partial charge in [-0.05, 0) is 42.5 Å². The van der Waals surface area contributed by atoms with Crippen LogP contribution in [0.4, 0.5) is 0 Å². The lowest BCUT2D eigenvalue weighted by molar-refractivity contribution is -0.127. The smallest absolute Gasteiger partial charge is 0.261 e. The lowest BCUT2D eigenvalue weighted by atomic mass is 9.86. The van der Waals surface area contributed by atoms with E-state index in [1.54, 1.807) is 26.2 Å². The number of rotatable bonds is 6. The van der Waals surface area contributed by atoms with E-state index in [0.717, 1.165) is 5.56 Å². The molecule has 140 valence electrons. The molecule has 2 rings (SSSR count). The summed E-state index contributed by atoms with van der Waals surface area (Å²) in [6.45, 7) is 10.3. The Kier molecular flexibility index (Phi) is 6.30. The summed E-state index contributed by atoms with van der Waals surface area (Å²) >= 11 is 0. The zero-order chi connectivity index (χ0) is 19.3. The number of hydrogen-bond acceptors (Lipinski definition) is 3. The van der Waals surface area contributed by atoms with Crippen molar-refractivity contribution in [2.75, 3.05) is 7.11 Å². The molecule has 2 atom stereocenters. The van der Waals surface area contributed by atoms with Gasteiger partial charge >= 0.3 is 0 Å². The Bertz CT molecular complexity index is 732. The van der Waals surface area contributed by atoms with Crippen LogP contribution in [0.5, 0.6) is 11.5 Å². The number of carbonyl (C=O) groups excluding carboxylic acids is 1. The maximum Gasteiger partial charge on any atom is 0.261 e. The summed E-state index contributed by atoms with van der Waals surface area (Å²) in [6.07, 6.45) is -0.599. The molecule has 4 heteroatoms. The fourth-order valence-electron chi connectivity index (χ4n) is 2.62. The summed E-state index contributed by atoms with van der Waals surface area (Å²) in [6, 6.07) is 15.5. The molecule has 0 saturated heterocycles. The Morgan fingerprint density at radius 3 is 2.19 bits per heavy atom. The molecule has 0 bridgehead atoms.